The van der Waals surface area contributed by atoms with Crippen molar-refractivity contribution in [2.45, 2.75) is 38.6 Å². The van der Waals surface area contributed by atoms with Crippen LogP contribution in [0.15, 0.2) is 0 Å². The third kappa shape index (κ3) is 4.97. The molecule has 0 saturated heterocycles. The molecule has 1 aromatic rings. The van der Waals surface area contributed by atoms with Crippen molar-refractivity contribution in [2.75, 3.05) is 12.3 Å². The van der Waals surface area contributed by atoms with Gasteiger partial charge in [0.2, 0.25) is 0 Å². The number of thiazole rings is 1. The smallest absolute Gasteiger partial charge is 0.180 e. The van der Waals surface area contributed by atoms with Gasteiger partial charge in [-0.25, -0.2) is 4.98 Å². The van der Waals surface area contributed by atoms with E-state index < -0.39 is 0 Å². The monoisotopic (exact) mass is 301 g/mol. The predicted octanol–water partition coefficient (Wildman–Crippen LogP) is 1.60. The molecule has 0 unspecified atom stereocenters. The Morgan fingerprint density at radius 3 is 2.82 bits per heavy atom. The zero-order chi connectivity index (χ0) is 9.97. The molecule has 0 bridgehead atoms. The molecule has 1 aliphatic carbocycles. The van der Waals surface area contributed by atoms with Crippen molar-refractivity contribution < 1.29 is 5.48 Å². The molecule has 17 heavy (non-hydrogen) atoms. The number of nitrogens with one attached hydrogen (secondary N) is 1. The molecule has 1 aromatic heterocycles. The number of hydrogen-bond acceptors (Lipinski definition) is 4. The Balaban J connectivity index is 0. The van der Waals surface area contributed by atoms with E-state index in [9.17, 15) is 0 Å². The highest BCUT2D eigenvalue weighted by atomic mass is 35.5. The third-order valence-corrected chi connectivity index (χ3v) is 3.59. The molecule has 4 nitrogen and oxygen atoms in total. The number of halogens is 2. The van der Waals surface area contributed by atoms with Gasteiger partial charge in [-0.1, -0.05) is 6.92 Å². The first-order chi connectivity index (χ1) is 6.79. The fourth-order valence-electron chi connectivity index (χ4n) is 1.92. The van der Waals surface area contributed by atoms with Gasteiger partial charge in [0, 0.05) is 10.9 Å². The summed E-state index contributed by atoms with van der Waals surface area (Å²) in [6.45, 7) is 3.32. The highest BCUT2D eigenvalue weighted by molar-refractivity contribution is 7.15. The molecule has 1 heterocycles. The largest absolute Gasteiger partial charge is 0.412 e. The van der Waals surface area contributed by atoms with Gasteiger partial charge in [0.1, 0.15) is 0 Å². The quantitative estimate of drug-likeness (QED) is 0.889. The maximum atomic E-state index is 5.69. The number of fused-ring (bicyclic) bond motifs is 1. The summed E-state index contributed by atoms with van der Waals surface area (Å²) in [4.78, 5) is 5.73. The predicted molar refractivity (Wildman–Crippen MR) is 78.7 cm³/mol. The minimum Gasteiger partial charge on any atom is -0.412 e. The topological polar surface area (TPSA) is 82.4 Å². The molecule has 0 saturated carbocycles. The lowest BCUT2D eigenvalue weighted by atomic mass is 9.98. The molecule has 7 heteroatoms. The summed E-state index contributed by atoms with van der Waals surface area (Å²) >= 11 is 1.65. The van der Waals surface area contributed by atoms with Crippen molar-refractivity contribution in [3.63, 3.8) is 0 Å². The highest BCUT2D eigenvalue weighted by Crippen LogP contribution is 2.27. The summed E-state index contributed by atoms with van der Waals surface area (Å²) in [5.41, 5.74) is 6.93. The average molecular weight is 302 g/mol. The van der Waals surface area contributed by atoms with Gasteiger partial charge in [-0.3, -0.25) is 0 Å². The fraction of sp³-hybridized carbons (Fsp3) is 0.700. The standard InChI is InChI=1S/C10H17N3S.2ClH.H2O/c1-2-5-12-7-3-4-8-9(6-7)14-10(11)13-8;;;/h7,12H,2-6H2,1H3,(H2,11,13);2*1H;1H2/t7-;;;/m0.../s1. The van der Waals surface area contributed by atoms with E-state index in [2.05, 4.69) is 17.2 Å². The second kappa shape index (κ2) is 8.94. The summed E-state index contributed by atoms with van der Waals surface area (Å²) in [7, 11) is 0. The molecule has 0 amide bonds. The minimum atomic E-state index is 0. The van der Waals surface area contributed by atoms with Crippen LogP contribution in [0, 0.1) is 0 Å². The highest BCUT2D eigenvalue weighted by Gasteiger charge is 2.21. The number of aromatic nitrogens is 1. The van der Waals surface area contributed by atoms with Crippen molar-refractivity contribution in [2.24, 2.45) is 0 Å². The van der Waals surface area contributed by atoms with Gasteiger partial charge in [-0.15, -0.1) is 36.2 Å². The Morgan fingerprint density at radius 2 is 2.18 bits per heavy atom. The number of aryl methyl sites for hydroxylation is 1. The Hall–Kier alpha value is -0.0700. The zero-order valence-corrected chi connectivity index (χ0v) is 12.3. The van der Waals surface area contributed by atoms with E-state index in [1.165, 1.54) is 23.4 Å². The molecule has 1 atom stereocenters. The molecule has 0 fully saturated rings. The first kappa shape index (κ1) is 19.3. The first-order valence-electron chi connectivity index (χ1n) is 5.27. The van der Waals surface area contributed by atoms with Gasteiger partial charge in [0.25, 0.3) is 0 Å². The lowest BCUT2D eigenvalue weighted by Gasteiger charge is -2.21. The van der Waals surface area contributed by atoms with Gasteiger partial charge in [0.15, 0.2) is 5.13 Å². The maximum absolute atomic E-state index is 5.69. The van der Waals surface area contributed by atoms with Crippen LogP contribution >= 0.6 is 36.2 Å². The number of nitrogen functional groups attached to an aromatic ring is 1. The second-order valence-electron chi connectivity index (χ2n) is 3.82. The van der Waals surface area contributed by atoms with Crippen LogP contribution in [0.4, 0.5) is 5.13 Å². The van der Waals surface area contributed by atoms with E-state index in [1.807, 2.05) is 0 Å². The first-order valence-corrected chi connectivity index (χ1v) is 6.08. The number of rotatable bonds is 3. The average Bonchev–Trinajstić information content (AvgIpc) is 2.54. The van der Waals surface area contributed by atoms with Gasteiger partial charge in [0.05, 0.1) is 5.69 Å². The lowest BCUT2D eigenvalue weighted by Crippen LogP contribution is -2.34. The van der Waals surface area contributed by atoms with Gasteiger partial charge in [-0.05, 0) is 32.2 Å². The number of anilines is 1. The van der Waals surface area contributed by atoms with E-state index >= 15 is 0 Å². The molecule has 0 spiro atoms. The van der Waals surface area contributed by atoms with Crippen LogP contribution in [0.3, 0.4) is 0 Å². The summed E-state index contributed by atoms with van der Waals surface area (Å²) in [6, 6.07) is 0.641. The van der Waals surface area contributed by atoms with E-state index in [0.717, 1.165) is 24.5 Å². The Bertz CT molecular complexity index is 322. The minimum absolute atomic E-state index is 0. The zero-order valence-electron chi connectivity index (χ0n) is 9.86. The molecule has 0 aromatic carbocycles. The van der Waals surface area contributed by atoms with Crippen molar-refractivity contribution in [1.82, 2.24) is 10.3 Å². The molecule has 2 rings (SSSR count). The molecule has 0 aliphatic heterocycles. The Kier molecular flexibility index (Phi) is 10.1. The maximum Gasteiger partial charge on any atom is 0.180 e. The Labute approximate surface area is 119 Å². The fourth-order valence-corrected chi connectivity index (χ4v) is 2.88. The van der Waals surface area contributed by atoms with Crippen LogP contribution in [-0.4, -0.2) is 23.0 Å². The summed E-state index contributed by atoms with van der Waals surface area (Å²) < 4.78 is 0. The SMILES string of the molecule is CCCN[C@H]1CCc2nc(N)sc2C1.Cl.Cl.O. The van der Waals surface area contributed by atoms with Gasteiger partial charge >= 0.3 is 0 Å². The van der Waals surface area contributed by atoms with Crippen molar-refractivity contribution >= 4 is 41.3 Å². The number of nitrogens with zero attached hydrogens (tertiary/aromatic N) is 1. The molecule has 1 aliphatic rings. The number of hydrogen-bond donors (Lipinski definition) is 2. The molecule has 5 N–H and O–H groups in total. The van der Waals surface area contributed by atoms with Crippen LogP contribution in [0.5, 0.6) is 0 Å². The second-order valence-corrected chi connectivity index (χ2v) is 4.93. The van der Waals surface area contributed by atoms with Crippen LogP contribution in [-0.2, 0) is 12.8 Å². The van der Waals surface area contributed by atoms with Gasteiger partial charge in [-0.2, -0.15) is 0 Å². The van der Waals surface area contributed by atoms with Crippen molar-refractivity contribution in [3.8, 4) is 0 Å². The third-order valence-electron chi connectivity index (χ3n) is 2.64. The lowest BCUT2D eigenvalue weighted by molar-refractivity contribution is 0.460. The van der Waals surface area contributed by atoms with Crippen LogP contribution in [0.25, 0.3) is 0 Å². The van der Waals surface area contributed by atoms with Crippen LogP contribution in [0.2, 0.25) is 0 Å². The van der Waals surface area contributed by atoms with Crippen molar-refractivity contribution in [1.29, 1.82) is 0 Å². The van der Waals surface area contributed by atoms with Crippen molar-refractivity contribution in [3.05, 3.63) is 10.6 Å². The molecular weight excluding hydrogens is 281 g/mol. The summed E-state index contributed by atoms with van der Waals surface area (Å²) in [6.07, 6.45) is 4.61. The van der Waals surface area contributed by atoms with E-state index in [0.29, 0.717) is 6.04 Å². The van der Waals surface area contributed by atoms with Crippen LogP contribution in [0.1, 0.15) is 30.3 Å². The summed E-state index contributed by atoms with van der Waals surface area (Å²) in [5.74, 6) is 0. The normalized spacial score (nSPS) is 17.1. The van der Waals surface area contributed by atoms with E-state index in [4.69, 9.17) is 5.73 Å². The van der Waals surface area contributed by atoms with Crippen LogP contribution < -0.4 is 11.1 Å². The molecular formula is C10H21Cl2N3OS. The number of nitrogens with two attached hydrogens (primary N) is 1. The summed E-state index contributed by atoms with van der Waals surface area (Å²) in [5, 5.41) is 4.29. The van der Waals surface area contributed by atoms with E-state index in [-0.39, 0.29) is 30.3 Å². The van der Waals surface area contributed by atoms with Gasteiger partial charge < -0.3 is 16.5 Å². The molecule has 0 radical (unpaired) electrons. The Morgan fingerprint density at radius 1 is 1.47 bits per heavy atom. The van der Waals surface area contributed by atoms with E-state index in [1.54, 1.807) is 11.3 Å². The molecule has 102 valence electrons.